The molecule has 118 valence electrons. The van der Waals surface area contributed by atoms with Gasteiger partial charge in [0.2, 0.25) is 0 Å². The monoisotopic (exact) mass is 292 g/mol. The van der Waals surface area contributed by atoms with E-state index in [1.54, 1.807) is 0 Å². The minimum atomic E-state index is 0.331. The largest absolute Gasteiger partial charge is 0.376 e. The molecule has 1 aromatic heterocycles. The molecule has 0 bridgehead atoms. The summed E-state index contributed by atoms with van der Waals surface area (Å²) in [6, 6.07) is 0. The van der Waals surface area contributed by atoms with Gasteiger partial charge in [-0.05, 0) is 31.7 Å². The van der Waals surface area contributed by atoms with Gasteiger partial charge in [-0.25, -0.2) is 4.98 Å². The molecule has 1 atom stereocenters. The van der Waals surface area contributed by atoms with E-state index in [4.69, 9.17) is 4.74 Å². The summed E-state index contributed by atoms with van der Waals surface area (Å²) in [4.78, 5) is 11.1. The summed E-state index contributed by atoms with van der Waals surface area (Å²) in [5.41, 5.74) is 0.988. The Bertz CT molecular complexity index is 401. The van der Waals surface area contributed by atoms with Gasteiger partial charge in [0.25, 0.3) is 0 Å². The van der Waals surface area contributed by atoms with Crippen molar-refractivity contribution in [2.24, 2.45) is 5.92 Å². The van der Waals surface area contributed by atoms with E-state index >= 15 is 0 Å². The Morgan fingerprint density at radius 1 is 1.33 bits per heavy atom. The molecular formula is C16H28N4O. The second-order valence-electron chi connectivity index (χ2n) is 6.26. The molecule has 1 aliphatic rings. The highest BCUT2D eigenvalue weighted by molar-refractivity contribution is 5.34. The lowest BCUT2D eigenvalue weighted by atomic mass is 10.1. The van der Waals surface area contributed by atoms with E-state index in [2.05, 4.69) is 41.1 Å². The minimum absolute atomic E-state index is 0.331. The first-order chi connectivity index (χ1) is 10.1. The van der Waals surface area contributed by atoms with Gasteiger partial charge in [0.1, 0.15) is 5.82 Å². The molecule has 5 heteroatoms. The highest BCUT2D eigenvalue weighted by Gasteiger charge is 2.16. The van der Waals surface area contributed by atoms with E-state index < -0.39 is 0 Å². The number of hydrogen-bond acceptors (Lipinski definition) is 5. The van der Waals surface area contributed by atoms with Crippen LogP contribution in [0, 0.1) is 5.92 Å². The van der Waals surface area contributed by atoms with E-state index in [0.29, 0.717) is 12.0 Å². The quantitative estimate of drug-likeness (QED) is 0.835. The average Bonchev–Trinajstić information content (AvgIpc) is 2.48. The summed E-state index contributed by atoms with van der Waals surface area (Å²) >= 11 is 0. The van der Waals surface area contributed by atoms with Gasteiger partial charge >= 0.3 is 0 Å². The van der Waals surface area contributed by atoms with Gasteiger partial charge in [0.15, 0.2) is 0 Å². The molecule has 2 rings (SSSR count). The van der Waals surface area contributed by atoms with Crippen molar-refractivity contribution >= 4 is 5.82 Å². The molecule has 1 N–H and O–H groups in total. The van der Waals surface area contributed by atoms with E-state index in [-0.39, 0.29) is 0 Å². The molecule has 0 amide bonds. The zero-order chi connectivity index (χ0) is 15.1. The molecule has 1 aromatic rings. The molecule has 5 nitrogen and oxygen atoms in total. The van der Waals surface area contributed by atoms with Gasteiger partial charge in [-0.15, -0.1) is 0 Å². The Labute approximate surface area is 128 Å². The van der Waals surface area contributed by atoms with Crippen LogP contribution < -0.4 is 10.2 Å². The van der Waals surface area contributed by atoms with Crippen molar-refractivity contribution in [1.82, 2.24) is 15.3 Å². The number of anilines is 1. The fourth-order valence-electron chi connectivity index (χ4n) is 2.48. The number of nitrogens with one attached hydrogen (secondary N) is 1. The number of rotatable bonds is 7. The molecule has 1 fully saturated rings. The second-order valence-corrected chi connectivity index (χ2v) is 6.26. The van der Waals surface area contributed by atoms with Crippen LogP contribution in [0.15, 0.2) is 12.4 Å². The molecule has 0 saturated carbocycles. The van der Waals surface area contributed by atoms with Gasteiger partial charge in [-0.1, -0.05) is 13.8 Å². The van der Waals surface area contributed by atoms with Gasteiger partial charge in [-0.3, -0.25) is 4.98 Å². The highest BCUT2D eigenvalue weighted by Crippen LogP contribution is 2.16. The molecule has 1 unspecified atom stereocenters. The number of aromatic nitrogens is 2. The summed E-state index contributed by atoms with van der Waals surface area (Å²) in [7, 11) is 2.05. The minimum Gasteiger partial charge on any atom is -0.376 e. The standard InChI is InChI=1S/C16H28N4O/c1-13(2)8-17-9-14-10-19-16(11-18-14)20(3)12-15-6-4-5-7-21-15/h10-11,13,15,17H,4-9,12H2,1-3H3. The first-order valence-electron chi connectivity index (χ1n) is 7.99. The zero-order valence-corrected chi connectivity index (χ0v) is 13.5. The van der Waals surface area contributed by atoms with Crippen LogP contribution in [-0.2, 0) is 11.3 Å². The summed E-state index contributed by atoms with van der Waals surface area (Å²) in [5, 5.41) is 3.38. The fourth-order valence-corrected chi connectivity index (χ4v) is 2.48. The number of ether oxygens (including phenoxy) is 1. The van der Waals surface area contributed by atoms with Crippen LogP contribution in [0.5, 0.6) is 0 Å². The van der Waals surface area contributed by atoms with E-state index in [1.807, 2.05) is 12.4 Å². The van der Waals surface area contributed by atoms with Gasteiger partial charge < -0.3 is 15.0 Å². The summed E-state index contributed by atoms with van der Waals surface area (Å²) in [6.45, 7) is 7.96. The Morgan fingerprint density at radius 3 is 2.81 bits per heavy atom. The molecule has 0 aromatic carbocycles. The van der Waals surface area contributed by atoms with Gasteiger partial charge in [0, 0.05) is 26.7 Å². The first-order valence-corrected chi connectivity index (χ1v) is 7.99. The zero-order valence-electron chi connectivity index (χ0n) is 13.5. The van der Waals surface area contributed by atoms with Gasteiger partial charge in [-0.2, -0.15) is 0 Å². The summed E-state index contributed by atoms with van der Waals surface area (Å²) < 4.78 is 5.77. The van der Waals surface area contributed by atoms with Crippen LogP contribution in [0.4, 0.5) is 5.82 Å². The normalized spacial score (nSPS) is 19.0. The van der Waals surface area contributed by atoms with Crippen molar-refractivity contribution in [1.29, 1.82) is 0 Å². The Balaban J connectivity index is 1.80. The number of nitrogens with zero attached hydrogens (tertiary/aromatic N) is 3. The Kier molecular flexibility index (Phi) is 6.39. The summed E-state index contributed by atoms with van der Waals surface area (Å²) in [5.74, 6) is 1.57. The van der Waals surface area contributed by atoms with Gasteiger partial charge in [0.05, 0.1) is 24.2 Å². The van der Waals surface area contributed by atoms with Crippen LogP contribution in [0.3, 0.4) is 0 Å². The van der Waals surface area contributed by atoms with Crippen molar-refractivity contribution < 1.29 is 4.74 Å². The SMILES string of the molecule is CC(C)CNCc1cnc(N(C)CC2CCCCO2)cn1. The smallest absolute Gasteiger partial charge is 0.146 e. The van der Waals surface area contributed by atoms with Crippen molar-refractivity contribution in [3.05, 3.63) is 18.1 Å². The molecular weight excluding hydrogens is 264 g/mol. The molecule has 21 heavy (non-hydrogen) atoms. The van der Waals surface area contributed by atoms with E-state index in [0.717, 1.165) is 44.2 Å². The third-order valence-electron chi connectivity index (χ3n) is 3.69. The predicted molar refractivity (Wildman–Crippen MR) is 85.4 cm³/mol. The maximum Gasteiger partial charge on any atom is 0.146 e. The maximum atomic E-state index is 5.77. The lowest BCUT2D eigenvalue weighted by Crippen LogP contribution is -2.33. The molecule has 0 spiro atoms. The highest BCUT2D eigenvalue weighted by atomic mass is 16.5. The second kappa shape index (κ2) is 8.29. The lowest BCUT2D eigenvalue weighted by Gasteiger charge is -2.27. The molecule has 1 aliphatic heterocycles. The van der Waals surface area contributed by atoms with Crippen LogP contribution in [-0.4, -0.2) is 42.8 Å². The first kappa shape index (κ1) is 16.2. The Hall–Kier alpha value is -1.20. The van der Waals surface area contributed by atoms with Crippen LogP contribution in [0.25, 0.3) is 0 Å². The topological polar surface area (TPSA) is 50.3 Å². The third kappa shape index (κ3) is 5.59. The average molecular weight is 292 g/mol. The lowest BCUT2D eigenvalue weighted by molar-refractivity contribution is 0.0215. The number of likely N-dealkylation sites (N-methyl/N-ethyl adjacent to an activating group) is 1. The maximum absolute atomic E-state index is 5.77. The van der Waals surface area contributed by atoms with Crippen molar-refractivity contribution in [2.45, 2.75) is 45.8 Å². The van der Waals surface area contributed by atoms with Crippen molar-refractivity contribution in [3.63, 3.8) is 0 Å². The number of hydrogen-bond donors (Lipinski definition) is 1. The predicted octanol–water partition coefficient (Wildman–Crippen LogP) is 2.23. The van der Waals surface area contributed by atoms with E-state index in [9.17, 15) is 0 Å². The third-order valence-corrected chi connectivity index (χ3v) is 3.69. The van der Waals surface area contributed by atoms with Crippen molar-refractivity contribution in [2.75, 3.05) is 31.6 Å². The summed E-state index contributed by atoms with van der Waals surface area (Å²) in [6.07, 6.45) is 7.66. The van der Waals surface area contributed by atoms with Crippen LogP contribution >= 0.6 is 0 Å². The van der Waals surface area contributed by atoms with E-state index in [1.165, 1.54) is 12.8 Å². The van der Waals surface area contributed by atoms with Crippen LogP contribution in [0.2, 0.25) is 0 Å². The molecule has 2 heterocycles. The Morgan fingerprint density at radius 2 is 2.19 bits per heavy atom. The van der Waals surface area contributed by atoms with Crippen molar-refractivity contribution in [3.8, 4) is 0 Å². The molecule has 0 radical (unpaired) electrons. The molecule has 0 aliphatic carbocycles. The molecule has 1 saturated heterocycles. The van der Waals surface area contributed by atoms with Crippen LogP contribution in [0.1, 0.15) is 38.8 Å². The fraction of sp³-hybridized carbons (Fsp3) is 0.750.